The summed E-state index contributed by atoms with van der Waals surface area (Å²) in [7, 11) is 0. The Balaban J connectivity index is 2.19. The van der Waals surface area contributed by atoms with Crippen LogP contribution in [0.5, 0.6) is 0 Å². The first-order chi connectivity index (χ1) is 11.6. The van der Waals surface area contributed by atoms with E-state index in [2.05, 4.69) is 10.4 Å². The highest BCUT2D eigenvalue weighted by molar-refractivity contribution is 5.95. The number of carbonyl (C=O) groups excluding carboxylic acids is 1. The smallest absolute Gasteiger partial charge is 0.348 e. The minimum Gasteiger partial charge on any atom is -0.348 e. The van der Waals surface area contributed by atoms with Crippen molar-refractivity contribution in [1.29, 1.82) is 0 Å². The summed E-state index contributed by atoms with van der Waals surface area (Å²) in [5.41, 5.74) is 4.26. The quantitative estimate of drug-likeness (QED) is 0.807. The number of carbonyl (C=O) groups is 1. The molecule has 0 bridgehead atoms. The number of nitrogens with two attached hydrogens (primary N) is 1. The molecule has 0 aliphatic carbocycles. The van der Waals surface area contributed by atoms with E-state index in [0.29, 0.717) is 11.1 Å². The van der Waals surface area contributed by atoms with Crippen LogP contribution in [0.3, 0.4) is 0 Å². The molecule has 5 nitrogen and oxygen atoms in total. The number of nitrogens with one attached hydrogen (secondary N) is 1. The van der Waals surface area contributed by atoms with Gasteiger partial charge in [-0.2, -0.15) is 18.3 Å². The summed E-state index contributed by atoms with van der Waals surface area (Å²) < 4.78 is 53.9. The van der Waals surface area contributed by atoms with Crippen molar-refractivity contribution < 1.29 is 22.4 Å². The average Bonchev–Trinajstić information content (AvgIpc) is 2.98. The lowest BCUT2D eigenvalue weighted by molar-refractivity contribution is -0.141. The lowest BCUT2D eigenvalue weighted by Gasteiger charge is -2.08. The van der Waals surface area contributed by atoms with Crippen LogP contribution in [0.1, 0.15) is 47.1 Å². The first-order valence-electron chi connectivity index (χ1n) is 7.55. The third-order valence-electron chi connectivity index (χ3n) is 3.56. The summed E-state index contributed by atoms with van der Waals surface area (Å²) in [6.07, 6.45) is -3.69. The van der Waals surface area contributed by atoms with E-state index in [1.807, 2.05) is 0 Å². The second-order valence-electron chi connectivity index (χ2n) is 5.78. The molecule has 1 aromatic carbocycles. The van der Waals surface area contributed by atoms with Gasteiger partial charge in [-0.25, -0.2) is 4.39 Å². The van der Waals surface area contributed by atoms with E-state index in [0.717, 1.165) is 10.9 Å². The van der Waals surface area contributed by atoms with Gasteiger partial charge >= 0.3 is 6.18 Å². The molecule has 0 saturated heterocycles. The molecule has 1 aromatic heterocycles. The van der Waals surface area contributed by atoms with Gasteiger partial charge in [-0.1, -0.05) is 12.1 Å². The van der Waals surface area contributed by atoms with Crippen LogP contribution in [0.2, 0.25) is 0 Å². The molecule has 0 saturated carbocycles. The fourth-order valence-electron chi connectivity index (χ4n) is 2.18. The van der Waals surface area contributed by atoms with Crippen LogP contribution < -0.4 is 11.1 Å². The van der Waals surface area contributed by atoms with Gasteiger partial charge in [0.25, 0.3) is 5.91 Å². The second-order valence-corrected chi connectivity index (χ2v) is 5.78. The Morgan fingerprint density at radius 3 is 2.56 bits per heavy atom. The maximum atomic E-state index is 13.7. The van der Waals surface area contributed by atoms with Crippen LogP contribution in [-0.4, -0.2) is 15.7 Å². The van der Waals surface area contributed by atoms with Gasteiger partial charge < -0.3 is 11.1 Å². The molecule has 9 heteroatoms. The third-order valence-corrected chi connectivity index (χ3v) is 3.56. The molecule has 1 heterocycles. The van der Waals surface area contributed by atoms with Crippen molar-refractivity contribution in [1.82, 2.24) is 15.1 Å². The van der Waals surface area contributed by atoms with Crippen molar-refractivity contribution in [2.45, 2.75) is 39.2 Å². The zero-order valence-electron chi connectivity index (χ0n) is 13.7. The molecule has 0 spiro atoms. The molecular weight excluding hydrogens is 340 g/mol. The van der Waals surface area contributed by atoms with Gasteiger partial charge in [-0.15, -0.1) is 0 Å². The predicted molar refractivity (Wildman–Crippen MR) is 83.1 cm³/mol. The standard InChI is InChI=1S/C16H18F4N4O/c1-9(2)24-8-12(14(23-24)16(18,19)20)15(25)22-7-10-3-4-11(6-21)13(17)5-10/h3-5,8-9H,6-7,21H2,1-2H3,(H,22,25). The Morgan fingerprint density at radius 1 is 1.36 bits per heavy atom. The van der Waals surface area contributed by atoms with Crippen molar-refractivity contribution in [3.63, 3.8) is 0 Å². The monoisotopic (exact) mass is 358 g/mol. The van der Waals surface area contributed by atoms with E-state index in [-0.39, 0.29) is 19.1 Å². The number of hydrogen-bond donors (Lipinski definition) is 2. The summed E-state index contributed by atoms with van der Waals surface area (Å²) in [5.74, 6) is -1.46. The van der Waals surface area contributed by atoms with Crippen molar-refractivity contribution in [3.05, 3.63) is 52.6 Å². The summed E-state index contributed by atoms with van der Waals surface area (Å²) in [4.78, 5) is 12.2. The molecular formula is C16H18F4N4O. The molecule has 2 rings (SSSR count). The molecule has 0 radical (unpaired) electrons. The average molecular weight is 358 g/mol. The maximum absolute atomic E-state index is 13.7. The second kappa shape index (κ2) is 7.22. The van der Waals surface area contributed by atoms with Crippen molar-refractivity contribution in [3.8, 4) is 0 Å². The number of amides is 1. The van der Waals surface area contributed by atoms with E-state index in [1.54, 1.807) is 19.9 Å². The number of rotatable bonds is 5. The molecule has 1 amide bonds. The predicted octanol–water partition coefficient (Wildman–Crippen LogP) is 3.01. The summed E-state index contributed by atoms with van der Waals surface area (Å²) in [5, 5.41) is 5.81. The lowest BCUT2D eigenvalue weighted by atomic mass is 10.1. The van der Waals surface area contributed by atoms with Crippen LogP contribution >= 0.6 is 0 Å². The van der Waals surface area contributed by atoms with Crippen molar-refractivity contribution in [2.75, 3.05) is 0 Å². The Bertz CT molecular complexity index is 768. The van der Waals surface area contributed by atoms with Gasteiger partial charge in [0, 0.05) is 30.9 Å². The highest BCUT2D eigenvalue weighted by Crippen LogP contribution is 2.31. The molecule has 0 atom stereocenters. The van der Waals surface area contributed by atoms with Crippen molar-refractivity contribution >= 4 is 5.91 Å². The molecule has 0 fully saturated rings. The molecule has 136 valence electrons. The molecule has 0 aliphatic heterocycles. The Hall–Kier alpha value is -2.42. The number of halogens is 4. The zero-order chi connectivity index (χ0) is 18.8. The number of benzene rings is 1. The summed E-state index contributed by atoms with van der Waals surface area (Å²) in [6.45, 7) is 3.21. The minimum absolute atomic E-state index is 0.0296. The van der Waals surface area contributed by atoms with Crippen LogP contribution in [0.4, 0.5) is 17.6 Å². The van der Waals surface area contributed by atoms with Crippen LogP contribution in [0.15, 0.2) is 24.4 Å². The number of nitrogens with zero attached hydrogens (tertiary/aromatic N) is 2. The first kappa shape index (κ1) is 18.9. The van der Waals surface area contributed by atoms with Gasteiger partial charge in [0.1, 0.15) is 5.82 Å². The van der Waals surface area contributed by atoms with Gasteiger partial charge in [-0.3, -0.25) is 9.48 Å². The first-order valence-corrected chi connectivity index (χ1v) is 7.55. The number of alkyl halides is 3. The van der Waals surface area contributed by atoms with E-state index in [9.17, 15) is 22.4 Å². The van der Waals surface area contributed by atoms with E-state index in [4.69, 9.17) is 5.73 Å². The van der Waals surface area contributed by atoms with Gasteiger partial charge in [0.05, 0.1) is 5.56 Å². The van der Waals surface area contributed by atoms with E-state index < -0.39 is 29.2 Å². The minimum atomic E-state index is -4.75. The lowest BCUT2D eigenvalue weighted by Crippen LogP contribution is -2.25. The molecule has 0 aliphatic rings. The molecule has 0 unspecified atom stereocenters. The SMILES string of the molecule is CC(C)n1cc(C(=O)NCc2ccc(CN)c(F)c2)c(C(F)(F)F)n1. The Labute approximate surface area is 141 Å². The molecule has 25 heavy (non-hydrogen) atoms. The summed E-state index contributed by atoms with van der Waals surface area (Å²) in [6, 6.07) is 3.87. The normalized spacial score (nSPS) is 11.8. The van der Waals surface area contributed by atoms with Crippen molar-refractivity contribution in [2.24, 2.45) is 5.73 Å². The molecule has 3 N–H and O–H groups in total. The molecule has 2 aromatic rings. The van der Waals surface area contributed by atoms with Gasteiger partial charge in [0.15, 0.2) is 5.69 Å². The zero-order valence-corrected chi connectivity index (χ0v) is 13.7. The van der Waals surface area contributed by atoms with Gasteiger partial charge in [-0.05, 0) is 25.5 Å². The van der Waals surface area contributed by atoms with Crippen LogP contribution in [-0.2, 0) is 19.3 Å². The van der Waals surface area contributed by atoms with E-state index >= 15 is 0 Å². The Morgan fingerprint density at radius 2 is 2.04 bits per heavy atom. The number of hydrogen-bond acceptors (Lipinski definition) is 3. The fraction of sp³-hybridized carbons (Fsp3) is 0.375. The highest BCUT2D eigenvalue weighted by atomic mass is 19.4. The van der Waals surface area contributed by atoms with E-state index in [1.165, 1.54) is 12.1 Å². The maximum Gasteiger partial charge on any atom is 0.435 e. The Kier molecular flexibility index (Phi) is 5.46. The van der Waals surface area contributed by atoms with Crippen LogP contribution in [0.25, 0.3) is 0 Å². The number of aromatic nitrogens is 2. The van der Waals surface area contributed by atoms with Gasteiger partial charge in [0.2, 0.25) is 0 Å². The summed E-state index contributed by atoms with van der Waals surface area (Å²) >= 11 is 0. The topological polar surface area (TPSA) is 72.9 Å². The highest BCUT2D eigenvalue weighted by Gasteiger charge is 2.39. The fourth-order valence-corrected chi connectivity index (χ4v) is 2.18. The third kappa shape index (κ3) is 4.36. The van der Waals surface area contributed by atoms with Crippen LogP contribution in [0, 0.1) is 5.82 Å². The largest absolute Gasteiger partial charge is 0.435 e.